The molecule has 0 spiro atoms. The molecule has 2 N–H and O–H groups in total. The van der Waals surface area contributed by atoms with Crippen molar-refractivity contribution in [3.63, 3.8) is 0 Å². The number of benzene rings is 2. The van der Waals surface area contributed by atoms with Gasteiger partial charge in [0.15, 0.2) is 0 Å². The van der Waals surface area contributed by atoms with Crippen molar-refractivity contribution >= 4 is 40.5 Å². The number of rotatable bonds is 7. The quantitative estimate of drug-likeness (QED) is 0.291. The maximum absolute atomic E-state index is 15.5. The Bertz CT molecular complexity index is 1360. The van der Waals surface area contributed by atoms with Crippen LogP contribution in [0.25, 0.3) is 16.1 Å². The standard InChI is InChI=1S/C28H30F2N2O3S2/c1-15-18(10-11-19(25(15)30)16-6-8-17(9-7-16)28(2,3)4)26-31-24(14-36-26)37-32-22-13-21(29)20(27(33)34)12-23(22)35-5/h6,10-14,17,32H,7-9H2,1-5H3,(H,33,34). The molecule has 4 rings (SSSR count). The van der Waals surface area contributed by atoms with E-state index < -0.39 is 17.3 Å². The van der Waals surface area contributed by atoms with E-state index in [0.717, 1.165) is 54.5 Å². The smallest absolute Gasteiger partial charge is 0.338 e. The Kier molecular flexibility index (Phi) is 7.94. The van der Waals surface area contributed by atoms with Gasteiger partial charge in [-0.15, -0.1) is 11.3 Å². The van der Waals surface area contributed by atoms with E-state index in [-0.39, 0.29) is 22.7 Å². The number of hydrogen-bond donors (Lipinski definition) is 2. The topological polar surface area (TPSA) is 71.5 Å². The number of carbonyl (C=O) groups is 1. The van der Waals surface area contributed by atoms with E-state index in [0.29, 0.717) is 27.1 Å². The van der Waals surface area contributed by atoms with E-state index in [2.05, 4.69) is 36.6 Å². The van der Waals surface area contributed by atoms with Crippen LogP contribution in [-0.4, -0.2) is 23.2 Å². The second kappa shape index (κ2) is 10.8. The van der Waals surface area contributed by atoms with Crippen molar-refractivity contribution in [3.8, 4) is 16.3 Å². The Balaban J connectivity index is 1.51. The van der Waals surface area contributed by atoms with Crippen molar-refractivity contribution in [3.05, 3.63) is 64.0 Å². The van der Waals surface area contributed by atoms with Crippen LogP contribution in [0.4, 0.5) is 14.5 Å². The van der Waals surface area contributed by atoms with Gasteiger partial charge in [-0.25, -0.2) is 18.6 Å². The molecule has 0 bridgehead atoms. The lowest BCUT2D eigenvalue weighted by Crippen LogP contribution is -2.22. The fourth-order valence-electron chi connectivity index (χ4n) is 4.53. The van der Waals surface area contributed by atoms with Crippen LogP contribution in [0.15, 0.2) is 40.7 Å². The number of ether oxygens (including phenoxy) is 1. The summed E-state index contributed by atoms with van der Waals surface area (Å²) >= 11 is 2.52. The van der Waals surface area contributed by atoms with Gasteiger partial charge >= 0.3 is 5.97 Å². The zero-order valence-corrected chi connectivity index (χ0v) is 23.1. The lowest BCUT2D eigenvalue weighted by molar-refractivity contribution is 0.0691. The fourth-order valence-corrected chi connectivity index (χ4v) is 6.20. The summed E-state index contributed by atoms with van der Waals surface area (Å²) in [4.78, 5) is 15.8. The van der Waals surface area contributed by atoms with Crippen molar-refractivity contribution in [2.45, 2.75) is 52.0 Å². The summed E-state index contributed by atoms with van der Waals surface area (Å²) in [5.74, 6) is -1.66. The van der Waals surface area contributed by atoms with Gasteiger partial charge in [-0.05, 0) is 54.7 Å². The van der Waals surface area contributed by atoms with Crippen molar-refractivity contribution < 1.29 is 23.4 Å². The Labute approximate surface area is 224 Å². The molecule has 0 saturated heterocycles. The molecular formula is C28H30F2N2O3S2. The van der Waals surface area contributed by atoms with Crippen LogP contribution in [-0.2, 0) is 0 Å². The SMILES string of the molecule is COc1cc(C(=O)O)c(F)cc1NSc1csc(-c2ccc(C3=CCC(C(C)(C)C)CC3)c(F)c2C)n1. The molecule has 37 heavy (non-hydrogen) atoms. The first kappa shape index (κ1) is 27.1. The highest BCUT2D eigenvalue weighted by Crippen LogP contribution is 2.41. The summed E-state index contributed by atoms with van der Waals surface area (Å²) in [5, 5.41) is 12.2. The predicted molar refractivity (Wildman–Crippen MR) is 146 cm³/mol. The summed E-state index contributed by atoms with van der Waals surface area (Å²) in [6, 6.07) is 5.98. The number of aromatic nitrogens is 1. The lowest BCUT2D eigenvalue weighted by atomic mass is 9.72. The van der Waals surface area contributed by atoms with E-state index in [1.54, 1.807) is 6.92 Å². The van der Waals surface area contributed by atoms with Gasteiger partial charge in [0, 0.05) is 34.5 Å². The molecule has 9 heteroatoms. The van der Waals surface area contributed by atoms with Gasteiger partial charge < -0.3 is 14.6 Å². The molecule has 1 unspecified atom stereocenters. The number of anilines is 1. The molecule has 1 aliphatic rings. The molecule has 0 fully saturated rings. The molecule has 1 aliphatic carbocycles. The number of nitrogens with one attached hydrogen (secondary N) is 1. The van der Waals surface area contributed by atoms with Gasteiger partial charge in [-0.2, -0.15) is 0 Å². The predicted octanol–water partition coefficient (Wildman–Crippen LogP) is 8.45. The third-order valence-electron chi connectivity index (χ3n) is 6.87. The first-order valence-electron chi connectivity index (χ1n) is 12.0. The van der Waals surface area contributed by atoms with E-state index >= 15 is 4.39 Å². The summed E-state index contributed by atoms with van der Waals surface area (Å²) in [6.07, 6.45) is 5.09. The Morgan fingerprint density at radius 1 is 1.24 bits per heavy atom. The molecule has 1 aromatic heterocycles. The van der Waals surface area contributed by atoms with Crippen LogP contribution in [0.2, 0.25) is 0 Å². The van der Waals surface area contributed by atoms with E-state index in [4.69, 9.17) is 9.84 Å². The number of hydrogen-bond acceptors (Lipinski definition) is 6. The summed E-state index contributed by atoms with van der Waals surface area (Å²) in [7, 11) is 1.38. The molecule has 196 valence electrons. The van der Waals surface area contributed by atoms with Gasteiger partial charge in [0.05, 0.1) is 18.4 Å². The van der Waals surface area contributed by atoms with Crippen molar-refractivity contribution in [1.82, 2.24) is 4.98 Å². The first-order valence-corrected chi connectivity index (χ1v) is 13.7. The van der Waals surface area contributed by atoms with Gasteiger partial charge in [0.25, 0.3) is 0 Å². The number of allylic oxidation sites excluding steroid dienone is 2. The van der Waals surface area contributed by atoms with E-state index in [1.807, 2.05) is 17.5 Å². The Morgan fingerprint density at radius 3 is 2.59 bits per heavy atom. The fraction of sp³-hybridized carbons (Fsp3) is 0.357. The highest BCUT2D eigenvalue weighted by atomic mass is 32.2. The first-order chi connectivity index (χ1) is 17.5. The molecule has 0 radical (unpaired) electrons. The van der Waals surface area contributed by atoms with Gasteiger partial charge in [0.1, 0.15) is 27.4 Å². The maximum atomic E-state index is 15.5. The molecule has 0 saturated carbocycles. The summed E-state index contributed by atoms with van der Waals surface area (Å²) < 4.78 is 37.8. The summed E-state index contributed by atoms with van der Waals surface area (Å²) in [6.45, 7) is 8.56. The molecule has 5 nitrogen and oxygen atoms in total. The highest BCUT2D eigenvalue weighted by molar-refractivity contribution is 8.00. The Morgan fingerprint density at radius 2 is 1.97 bits per heavy atom. The number of carboxylic acids is 1. The molecule has 0 amide bonds. The minimum absolute atomic E-state index is 0.195. The average Bonchev–Trinajstić information content (AvgIpc) is 3.32. The number of halogens is 2. The van der Waals surface area contributed by atoms with Crippen LogP contribution >= 0.6 is 23.3 Å². The molecule has 1 heterocycles. The molecule has 3 aromatic rings. The van der Waals surface area contributed by atoms with Crippen molar-refractivity contribution in [2.75, 3.05) is 11.8 Å². The normalized spacial score (nSPS) is 15.9. The Hall–Kier alpha value is -2.91. The highest BCUT2D eigenvalue weighted by Gasteiger charge is 2.27. The van der Waals surface area contributed by atoms with Gasteiger partial charge in [0.2, 0.25) is 0 Å². The number of aromatic carboxylic acids is 1. The van der Waals surface area contributed by atoms with Gasteiger partial charge in [-0.1, -0.05) is 39.0 Å². The zero-order valence-electron chi connectivity index (χ0n) is 21.4. The maximum Gasteiger partial charge on any atom is 0.338 e. The van der Waals surface area contributed by atoms with Crippen LogP contribution in [0.3, 0.4) is 0 Å². The molecule has 1 atom stereocenters. The van der Waals surface area contributed by atoms with Crippen LogP contribution in [0.5, 0.6) is 5.75 Å². The van der Waals surface area contributed by atoms with Crippen molar-refractivity contribution in [2.24, 2.45) is 11.3 Å². The van der Waals surface area contributed by atoms with E-state index in [9.17, 15) is 9.18 Å². The molecule has 2 aromatic carbocycles. The summed E-state index contributed by atoms with van der Waals surface area (Å²) in [5.41, 5.74) is 3.09. The van der Waals surface area contributed by atoms with Crippen LogP contribution in [0.1, 0.15) is 61.5 Å². The lowest BCUT2D eigenvalue weighted by Gasteiger charge is -2.33. The minimum Gasteiger partial charge on any atom is -0.495 e. The molecule has 0 aliphatic heterocycles. The number of thiazole rings is 1. The van der Waals surface area contributed by atoms with Crippen LogP contribution in [0, 0.1) is 29.9 Å². The minimum atomic E-state index is -1.37. The number of carboxylic acid groups (broad SMARTS) is 1. The monoisotopic (exact) mass is 544 g/mol. The van der Waals surface area contributed by atoms with Crippen LogP contribution < -0.4 is 9.46 Å². The largest absolute Gasteiger partial charge is 0.495 e. The third kappa shape index (κ3) is 5.83. The van der Waals surface area contributed by atoms with E-state index in [1.165, 1.54) is 18.4 Å². The third-order valence-corrected chi connectivity index (χ3v) is 8.63. The average molecular weight is 545 g/mol. The number of methoxy groups -OCH3 is 1. The molecular weight excluding hydrogens is 514 g/mol. The second-order valence-electron chi connectivity index (χ2n) is 10.2. The van der Waals surface area contributed by atoms with Crippen molar-refractivity contribution in [1.29, 1.82) is 0 Å². The van der Waals surface area contributed by atoms with Gasteiger partial charge in [-0.3, -0.25) is 0 Å². The number of nitrogens with zero attached hydrogens (tertiary/aromatic N) is 1. The zero-order chi connectivity index (χ0) is 26.9. The second-order valence-corrected chi connectivity index (χ2v) is 11.9.